The quantitative estimate of drug-likeness (QED) is 0.248. The molecular formula is C24H40O3S. The van der Waals surface area contributed by atoms with Gasteiger partial charge in [-0.3, -0.25) is 9.59 Å². The SMILES string of the molecule is C=C(/C=C(\C)[C@H](O)CC)C[C@H](C)/C=C(\C)CCC(=O)C(C)C(=O)SC(C)(C)C. The van der Waals surface area contributed by atoms with Gasteiger partial charge in [-0.15, -0.1) is 0 Å². The van der Waals surface area contributed by atoms with Gasteiger partial charge in [0.1, 0.15) is 5.78 Å². The first-order chi connectivity index (χ1) is 12.8. The third-order valence-corrected chi connectivity index (χ3v) is 5.67. The smallest absolute Gasteiger partial charge is 0.199 e. The zero-order valence-electron chi connectivity index (χ0n) is 19.1. The van der Waals surface area contributed by atoms with Crippen molar-refractivity contribution in [2.24, 2.45) is 11.8 Å². The minimum Gasteiger partial charge on any atom is -0.389 e. The van der Waals surface area contributed by atoms with E-state index >= 15 is 0 Å². The van der Waals surface area contributed by atoms with Crippen LogP contribution >= 0.6 is 11.8 Å². The maximum atomic E-state index is 12.3. The zero-order valence-corrected chi connectivity index (χ0v) is 19.9. The van der Waals surface area contributed by atoms with E-state index in [2.05, 4.69) is 19.6 Å². The number of allylic oxidation sites excluding steroid dienone is 4. The highest BCUT2D eigenvalue weighted by Crippen LogP contribution is 2.28. The number of thioether (sulfide) groups is 1. The Bertz CT molecular complexity index is 608. The summed E-state index contributed by atoms with van der Waals surface area (Å²) in [5, 5.41) is 9.80. The fraction of sp³-hybridized carbons (Fsp3) is 0.667. The van der Waals surface area contributed by atoms with Crippen LogP contribution in [0.2, 0.25) is 0 Å². The molecule has 0 aromatic carbocycles. The maximum absolute atomic E-state index is 12.3. The Morgan fingerprint density at radius 2 is 1.71 bits per heavy atom. The van der Waals surface area contributed by atoms with Gasteiger partial charge in [0.2, 0.25) is 0 Å². The molecule has 28 heavy (non-hydrogen) atoms. The van der Waals surface area contributed by atoms with E-state index in [0.717, 1.165) is 23.1 Å². The molecule has 0 bridgehead atoms. The molecule has 0 aromatic rings. The molecule has 0 rings (SSSR count). The van der Waals surface area contributed by atoms with Gasteiger partial charge >= 0.3 is 0 Å². The molecule has 0 aliphatic rings. The van der Waals surface area contributed by atoms with E-state index in [1.54, 1.807) is 6.92 Å². The number of hydrogen-bond donors (Lipinski definition) is 1. The summed E-state index contributed by atoms with van der Waals surface area (Å²) in [6, 6.07) is 0. The summed E-state index contributed by atoms with van der Waals surface area (Å²) in [6.07, 6.45) is 6.33. The van der Waals surface area contributed by atoms with Crippen molar-refractivity contribution in [1.82, 2.24) is 0 Å². The highest BCUT2D eigenvalue weighted by atomic mass is 32.2. The van der Waals surface area contributed by atoms with Crippen LogP contribution in [-0.4, -0.2) is 26.9 Å². The van der Waals surface area contributed by atoms with Gasteiger partial charge in [-0.2, -0.15) is 0 Å². The second-order valence-electron chi connectivity index (χ2n) is 8.89. The summed E-state index contributed by atoms with van der Waals surface area (Å²) in [5.41, 5.74) is 3.10. The van der Waals surface area contributed by atoms with Gasteiger partial charge in [0.25, 0.3) is 0 Å². The largest absolute Gasteiger partial charge is 0.389 e. The molecule has 0 fully saturated rings. The number of hydrogen-bond acceptors (Lipinski definition) is 4. The first kappa shape index (κ1) is 26.9. The standard InChI is InChI=1S/C24H40O3S/c1-10-21(25)19(5)15-18(4)14-17(3)13-16(2)11-12-22(26)20(6)23(27)28-24(7,8)9/h13,15,17,20-21,25H,4,10-12,14H2,1-3,5-9H3/b16-13+,19-15+/t17-,20?,21-/m1/s1. The normalized spacial score (nSPS) is 16.5. The molecule has 0 heterocycles. The van der Waals surface area contributed by atoms with E-state index in [0.29, 0.717) is 25.2 Å². The highest BCUT2D eigenvalue weighted by molar-refractivity contribution is 8.14. The van der Waals surface area contributed by atoms with Gasteiger partial charge in [0.15, 0.2) is 5.12 Å². The second-order valence-corrected chi connectivity index (χ2v) is 10.7. The predicted molar refractivity (Wildman–Crippen MR) is 122 cm³/mol. The van der Waals surface area contributed by atoms with Crippen molar-refractivity contribution in [3.05, 3.63) is 35.5 Å². The van der Waals surface area contributed by atoms with Crippen LogP contribution in [0.25, 0.3) is 0 Å². The van der Waals surface area contributed by atoms with Crippen molar-refractivity contribution in [1.29, 1.82) is 0 Å². The molecule has 1 unspecified atom stereocenters. The van der Waals surface area contributed by atoms with E-state index < -0.39 is 12.0 Å². The van der Waals surface area contributed by atoms with Gasteiger partial charge in [0, 0.05) is 11.2 Å². The van der Waals surface area contributed by atoms with Crippen LogP contribution in [0.3, 0.4) is 0 Å². The van der Waals surface area contributed by atoms with Crippen LogP contribution in [0.15, 0.2) is 35.5 Å². The summed E-state index contributed by atoms with van der Waals surface area (Å²) in [6.45, 7) is 19.8. The summed E-state index contributed by atoms with van der Waals surface area (Å²) < 4.78 is -0.167. The van der Waals surface area contributed by atoms with Gasteiger partial charge in [-0.1, -0.05) is 76.3 Å². The topological polar surface area (TPSA) is 54.4 Å². The molecule has 0 aliphatic carbocycles. The van der Waals surface area contributed by atoms with Crippen molar-refractivity contribution >= 4 is 22.7 Å². The Hall–Kier alpha value is -1.13. The Kier molecular flexibility index (Phi) is 11.9. The van der Waals surface area contributed by atoms with Crippen LogP contribution < -0.4 is 0 Å². The Morgan fingerprint density at radius 1 is 1.14 bits per heavy atom. The predicted octanol–water partition coefficient (Wildman–Crippen LogP) is 6.28. The molecule has 0 amide bonds. The highest BCUT2D eigenvalue weighted by Gasteiger charge is 2.26. The molecular weight excluding hydrogens is 368 g/mol. The average molecular weight is 409 g/mol. The fourth-order valence-corrected chi connectivity index (χ4v) is 3.81. The Balaban J connectivity index is 4.59. The Morgan fingerprint density at radius 3 is 2.21 bits per heavy atom. The molecule has 0 saturated heterocycles. The summed E-state index contributed by atoms with van der Waals surface area (Å²) >= 11 is 1.25. The molecule has 0 aliphatic heterocycles. The average Bonchev–Trinajstić information content (AvgIpc) is 2.56. The van der Waals surface area contributed by atoms with Gasteiger partial charge in [0.05, 0.1) is 12.0 Å². The number of carbonyl (C=O) groups is 2. The lowest BCUT2D eigenvalue weighted by atomic mass is 9.95. The van der Waals surface area contributed by atoms with Crippen LogP contribution in [0, 0.1) is 11.8 Å². The molecule has 1 N–H and O–H groups in total. The minimum absolute atomic E-state index is 0.0127. The number of aliphatic hydroxyl groups excluding tert-OH is 1. The first-order valence-corrected chi connectivity index (χ1v) is 11.0. The molecule has 0 spiro atoms. The number of ketones is 1. The lowest BCUT2D eigenvalue weighted by Crippen LogP contribution is -2.23. The van der Waals surface area contributed by atoms with E-state index in [-0.39, 0.29) is 15.6 Å². The van der Waals surface area contributed by atoms with E-state index in [1.165, 1.54) is 11.8 Å². The van der Waals surface area contributed by atoms with Crippen LogP contribution in [-0.2, 0) is 9.59 Å². The van der Waals surface area contributed by atoms with E-state index in [9.17, 15) is 14.7 Å². The maximum Gasteiger partial charge on any atom is 0.199 e. The van der Waals surface area contributed by atoms with E-state index in [1.807, 2.05) is 47.6 Å². The first-order valence-electron chi connectivity index (χ1n) is 10.2. The summed E-state index contributed by atoms with van der Waals surface area (Å²) in [4.78, 5) is 24.5. The van der Waals surface area contributed by atoms with Crippen molar-refractivity contribution in [3.8, 4) is 0 Å². The number of Topliss-reactive ketones (excluding diaryl/α,β-unsaturated/α-hetero) is 1. The number of carbonyl (C=O) groups excluding carboxylic acids is 2. The van der Waals surface area contributed by atoms with Crippen molar-refractivity contribution in [2.75, 3.05) is 0 Å². The minimum atomic E-state index is -0.549. The third-order valence-electron chi connectivity index (χ3n) is 4.51. The van der Waals surface area contributed by atoms with Gasteiger partial charge < -0.3 is 5.11 Å². The zero-order chi connectivity index (χ0) is 22.1. The lowest BCUT2D eigenvalue weighted by Gasteiger charge is -2.18. The third kappa shape index (κ3) is 11.7. The fourth-order valence-electron chi connectivity index (χ4n) is 2.90. The molecule has 3 atom stereocenters. The molecule has 0 radical (unpaired) electrons. The monoisotopic (exact) mass is 408 g/mol. The number of rotatable bonds is 11. The molecule has 160 valence electrons. The summed E-state index contributed by atoms with van der Waals surface area (Å²) in [5.74, 6) is -0.230. The number of aliphatic hydroxyl groups is 1. The molecule has 0 saturated carbocycles. The summed E-state index contributed by atoms with van der Waals surface area (Å²) in [7, 11) is 0. The van der Waals surface area contributed by atoms with Crippen LogP contribution in [0.4, 0.5) is 0 Å². The van der Waals surface area contributed by atoms with Gasteiger partial charge in [-0.25, -0.2) is 0 Å². The van der Waals surface area contributed by atoms with Crippen LogP contribution in [0.5, 0.6) is 0 Å². The lowest BCUT2D eigenvalue weighted by molar-refractivity contribution is -0.127. The van der Waals surface area contributed by atoms with Crippen molar-refractivity contribution in [3.63, 3.8) is 0 Å². The molecule has 0 aromatic heterocycles. The second kappa shape index (κ2) is 12.4. The Labute approximate surface area is 176 Å². The van der Waals surface area contributed by atoms with Crippen LogP contribution in [0.1, 0.15) is 81.1 Å². The van der Waals surface area contributed by atoms with Crippen molar-refractivity contribution in [2.45, 2.75) is 91.9 Å². The van der Waals surface area contributed by atoms with E-state index in [4.69, 9.17) is 0 Å². The molecule has 4 heteroatoms. The van der Waals surface area contributed by atoms with Crippen molar-refractivity contribution < 1.29 is 14.7 Å². The van der Waals surface area contributed by atoms with Gasteiger partial charge in [-0.05, 0) is 51.5 Å². The molecule has 3 nitrogen and oxygen atoms in total.